The van der Waals surface area contributed by atoms with Gasteiger partial charge in [-0.25, -0.2) is 17.6 Å². The molecule has 194 valence electrons. The SMILES string of the molecule is Cc1cc2c(c(C)c1F)c(C(=O)O)c(-c1ccc(S(=O)(=O)N[C@@H](C)C(F)(F)F)cn1)n2C1CCCC1. The summed E-state index contributed by atoms with van der Waals surface area (Å²) in [6.07, 6.45) is -0.474. The second kappa shape index (κ2) is 9.15. The van der Waals surface area contributed by atoms with E-state index in [9.17, 15) is 35.9 Å². The van der Waals surface area contributed by atoms with E-state index in [1.54, 1.807) is 17.7 Å². The summed E-state index contributed by atoms with van der Waals surface area (Å²) in [6.45, 7) is 3.79. The third kappa shape index (κ3) is 4.47. The molecular formula is C24H25F4N3O4S. The molecule has 12 heteroatoms. The lowest BCUT2D eigenvalue weighted by molar-refractivity contribution is -0.147. The summed E-state index contributed by atoms with van der Waals surface area (Å²) < 4.78 is 81.7. The van der Waals surface area contributed by atoms with Crippen molar-refractivity contribution in [1.29, 1.82) is 0 Å². The molecule has 0 spiro atoms. The highest BCUT2D eigenvalue weighted by Gasteiger charge is 2.39. The Hall–Kier alpha value is -2.99. The fourth-order valence-corrected chi connectivity index (χ4v) is 6.03. The fourth-order valence-electron chi connectivity index (χ4n) is 4.85. The Kier molecular flexibility index (Phi) is 6.63. The zero-order valence-electron chi connectivity index (χ0n) is 19.8. The molecule has 1 aromatic carbocycles. The highest BCUT2D eigenvalue weighted by atomic mass is 32.2. The van der Waals surface area contributed by atoms with Crippen LogP contribution in [0.5, 0.6) is 0 Å². The summed E-state index contributed by atoms with van der Waals surface area (Å²) in [5.41, 5.74) is 1.27. The Bertz CT molecular complexity index is 1440. The van der Waals surface area contributed by atoms with Gasteiger partial charge in [-0.3, -0.25) is 4.98 Å². The lowest BCUT2D eigenvalue weighted by Crippen LogP contribution is -2.42. The van der Waals surface area contributed by atoms with Gasteiger partial charge in [0, 0.05) is 17.6 Å². The predicted molar refractivity (Wildman–Crippen MR) is 125 cm³/mol. The van der Waals surface area contributed by atoms with E-state index in [0.717, 1.165) is 37.9 Å². The van der Waals surface area contributed by atoms with Crippen LogP contribution in [0.15, 0.2) is 29.3 Å². The first-order chi connectivity index (χ1) is 16.7. The molecule has 0 amide bonds. The van der Waals surface area contributed by atoms with Gasteiger partial charge in [0.15, 0.2) is 0 Å². The number of fused-ring (bicyclic) bond motifs is 1. The number of carbonyl (C=O) groups is 1. The van der Waals surface area contributed by atoms with E-state index in [2.05, 4.69) is 4.98 Å². The second-order valence-electron chi connectivity index (χ2n) is 9.13. The van der Waals surface area contributed by atoms with E-state index in [0.29, 0.717) is 18.0 Å². The number of aromatic nitrogens is 2. The van der Waals surface area contributed by atoms with Crippen LogP contribution in [0.3, 0.4) is 0 Å². The van der Waals surface area contributed by atoms with Crippen LogP contribution in [0.1, 0.15) is 60.1 Å². The van der Waals surface area contributed by atoms with Crippen molar-refractivity contribution in [1.82, 2.24) is 14.3 Å². The number of pyridine rings is 1. The molecule has 3 aromatic rings. The number of hydrogen-bond acceptors (Lipinski definition) is 4. The van der Waals surface area contributed by atoms with Crippen LogP contribution < -0.4 is 4.72 Å². The first-order valence-electron chi connectivity index (χ1n) is 11.4. The number of halogens is 4. The van der Waals surface area contributed by atoms with Gasteiger partial charge in [0.2, 0.25) is 10.0 Å². The molecule has 1 aliphatic carbocycles. The standard InChI is InChI=1S/C24H25F4N3O4S/c1-12-10-18-19(13(2)21(12)25)20(23(32)33)22(31(18)15-6-4-5-7-15)17-9-8-16(11-29-17)36(34,35)30-14(3)24(26,27)28/h8-11,14-15,30H,4-7H2,1-3H3,(H,32,33)/t14-/m0/s1. The molecule has 0 unspecified atom stereocenters. The summed E-state index contributed by atoms with van der Waals surface area (Å²) in [7, 11) is -4.54. The molecule has 0 aliphatic heterocycles. The molecule has 1 saturated carbocycles. The summed E-state index contributed by atoms with van der Waals surface area (Å²) in [5.74, 6) is -1.81. The predicted octanol–water partition coefficient (Wildman–Crippen LogP) is 5.50. The van der Waals surface area contributed by atoms with Crippen molar-refractivity contribution < 1.29 is 35.9 Å². The third-order valence-electron chi connectivity index (χ3n) is 6.66. The van der Waals surface area contributed by atoms with Crippen molar-refractivity contribution in [3.63, 3.8) is 0 Å². The number of hydrogen-bond donors (Lipinski definition) is 2. The van der Waals surface area contributed by atoms with Gasteiger partial charge in [-0.05, 0) is 62.9 Å². The van der Waals surface area contributed by atoms with Crippen molar-refractivity contribution in [2.75, 3.05) is 0 Å². The van der Waals surface area contributed by atoms with Gasteiger partial charge >= 0.3 is 12.1 Å². The molecule has 1 fully saturated rings. The topological polar surface area (TPSA) is 101 Å². The number of nitrogens with zero attached hydrogens (tertiary/aromatic N) is 2. The number of aryl methyl sites for hydroxylation is 2. The monoisotopic (exact) mass is 527 g/mol. The summed E-state index contributed by atoms with van der Waals surface area (Å²) >= 11 is 0. The second-order valence-corrected chi connectivity index (χ2v) is 10.8. The molecule has 7 nitrogen and oxygen atoms in total. The first-order valence-corrected chi connectivity index (χ1v) is 12.8. The molecule has 0 bridgehead atoms. The van der Waals surface area contributed by atoms with Crippen LogP contribution in [0, 0.1) is 19.7 Å². The molecule has 0 saturated heterocycles. The Morgan fingerprint density at radius 1 is 1.22 bits per heavy atom. The number of benzene rings is 1. The molecule has 2 N–H and O–H groups in total. The molecule has 36 heavy (non-hydrogen) atoms. The average molecular weight is 528 g/mol. The van der Waals surface area contributed by atoms with Crippen molar-refractivity contribution in [3.8, 4) is 11.4 Å². The normalized spacial score (nSPS) is 16.1. The summed E-state index contributed by atoms with van der Waals surface area (Å²) in [5, 5.41) is 10.4. The lowest BCUT2D eigenvalue weighted by atomic mass is 10.0. The van der Waals surface area contributed by atoms with Crippen LogP contribution in [0.4, 0.5) is 17.6 Å². The summed E-state index contributed by atoms with van der Waals surface area (Å²) in [4.78, 5) is 16.1. The van der Waals surface area contributed by atoms with E-state index >= 15 is 0 Å². The molecule has 2 aromatic heterocycles. The number of nitrogens with one attached hydrogen (secondary N) is 1. The van der Waals surface area contributed by atoms with E-state index in [1.807, 2.05) is 4.57 Å². The van der Waals surface area contributed by atoms with Crippen molar-refractivity contribution in [3.05, 3.63) is 46.9 Å². The highest BCUT2D eigenvalue weighted by molar-refractivity contribution is 7.89. The highest BCUT2D eigenvalue weighted by Crippen LogP contribution is 2.43. The smallest absolute Gasteiger partial charge is 0.404 e. The minimum Gasteiger partial charge on any atom is -0.478 e. The van der Waals surface area contributed by atoms with Crippen molar-refractivity contribution in [2.45, 2.75) is 69.6 Å². The van der Waals surface area contributed by atoms with Crippen LogP contribution in [0.25, 0.3) is 22.3 Å². The molecule has 1 atom stereocenters. The van der Waals surface area contributed by atoms with Crippen molar-refractivity contribution >= 4 is 26.9 Å². The van der Waals surface area contributed by atoms with Crippen LogP contribution in [-0.4, -0.2) is 41.3 Å². The van der Waals surface area contributed by atoms with Crippen LogP contribution in [0.2, 0.25) is 0 Å². The zero-order chi connectivity index (χ0) is 26.6. The number of alkyl halides is 3. The molecule has 0 radical (unpaired) electrons. The maximum absolute atomic E-state index is 14.8. The van der Waals surface area contributed by atoms with E-state index < -0.39 is 38.9 Å². The van der Waals surface area contributed by atoms with Gasteiger partial charge < -0.3 is 9.67 Å². The maximum Gasteiger partial charge on any atom is 0.404 e. The van der Waals surface area contributed by atoms with E-state index in [4.69, 9.17) is 0 Å². The Morgan fingerprint density at radius 3 is 2.39 bits per heavy atom. The van der Waals surface area contributed by atoms with Gasteiger partial charge in [0.05, 0.1) is 22.5 Å². The Morgan fingerprint density at radius 2 is 1.86 bits per heavy atom. The zero-order valence-corrected chi connectivity index (χ0v) is 20.6. The minimum absolute atomic E-state index is 0.0700. The third-order valence-corrected chi connectivity index (χ3v) is 8.19. The van der Waals surface area contributed by atoms with Crippen LogP contribution >= 0.6 is 0 Å². The largest absolute Gasteiger partial charge is 0.478 e. The Balaban J connectivity index is 1.91. The van der Waals surface area contributed by atoms with Gasteiger partial charge in [0.1, 0.15) is 16.8 Å². The minimum atomic E-state index is -4.77. The lowest BCUT2D eigenvalue weighted by Gasteiger charge is -2.19. The Labute approximate surface area is 205 Å². The van der Waals surface area contributed by atoms with Crippen LogP contribution in [-0.2, 0) is 10.0 Å². The van der Waals surface area contributed by atoms with Gasteiger partial charge in [-0.1, -0.05) is 12.8 Å². The molecule has 2 heterocycles. The van der Waals surface area contributed by atoms with Gasteiger partial charge in [-0.2, -0.15) is 17.9 Å². The van der Waals surface area contributed by atoms with E-state index in [1.165, 1.54) is 13.0 Å². The number of sulfonamides is 1. The molecule has 4 rings (SSSR count). The van der Waals surface area contributed by atoms with Gasteiger partial charge in [0.25, 0.3) is 0 Å². The number of carboxylic acids is 1. The summed E-state index contributed by atoms with van der Waals surface area (Å²) in [6, 6.07) is 1.56. The molecular weight excluding hydrogens is 502 g/mol. The number of carboxylic acid groups (broad SMARTS) is 1. The number of aromatic carboxylic acids is 1. The fraction of sp³-hybridized carbons (Fsp3) is 0.417. The first kappa shape index (κ1) is 26.1. The van der Waals surface area contributed by atoms with Crippen molar-refractivity contribution in [2.24, 2.45) is 0 Å². The maximum atomic E-state index is 14.8. The van der Waals surface area contributed by atoms with Gasteiger partial charge in [-0.15, -0.1) is 0 Å². The van der Waals surface area contributed by atoms with E-state index in [-0.39, 0.29) is 33.9 Å². The quantitative estimate of drug-likeness (QED) is 0.412. The average Bonchev–Trinajstić information content (AvgIpc) is 3.42. The molecule has 1 aliphatic rings. The number of rotatable bonds is 6.